The fraction of sp³-hybridized carbons (Fsp3) is 0.182. The molecule has 3 heteroatoms. The predicted octanol–water partition coefficient (Wildman–Crippen LogP) is 2.42. The second-order valence-corrected chi connectivity index (χ2v) is 4.08. The third-order valence-corrected chi connectivity index (χ3v) is 3.00. The summed E-state index contributed by atoms with van der Waals surface area (Å²) in [5, 5.41) is 11.8. The van der Waals surface area contributed by atoms with E-state index in [0.29, 0.717) is 6.42 Å². The van der Waals surface area contributed by atoms with E-state index in [9.17, 15) is 5.11 Å². The van der Waals surface area contributed by atoms with Crippen molar-refractivity contribution in [1.82, 2.24) is 4.98 Å². The predicted molar refractivity (Wildman–Crippen MR) is 57.2 cm³/mol. The number of pyridine rings is 1. The van der Waals surface area contributed by atoms with Gasteiger partial charge in [-0.05, 0) is 23.1 Å². The van der Waals surface area contributed by atoms with Gasteiger partial charge in [0.15, 0.2) is 0 Å². The van der Waals surface area contributed by atoms with Crippen molar-refractivity contribution in [1.29, 1.82) is 0 Å². The molecule has 1 atom stereocenters. The molecule has 0 amide bonds. The second-order valence-electron chi connectivity index (χ2n) is 3.10. The number of aromatic nitrogens is 1. The van der Waals surface area contributed by atoms with E-state index in [1.807, 2.05) is 29.6 Å². The second kappa shape index (κ2) is 4.35. The van der Waals surface area contributed by atoms with Crippen molar-refractivity contribution in [3.8, 4) is 0 Å². The van der Waals surface area contributed by atoms with Crippen LogP contribution in [0.4, 0.5) is 0 Å². The minimum Gasteiger partial charge on any atom is -0.387 e. The van der Waals surface area contributed by atoms with E-state index in [1.165, 1.54) is 0 Å². The van der Waals surface area contributed by atoms with Crippen LogP contribution in [0.3, 0.4) is 0 Å². The molecule has 2 heterocycles. The van der Waals surface area contributed by atoms with E-state index in [-0.39, 0.29) is 0 Å². The van der Waals surface area contributed by atoms with Crippen molar-refractivity contribution in [2.24, 2.45) is 0 Å². The zero-order valence-electron chi connectivity index (χ0n) is 7.63. The lowest BCUT2D eigenvalue weighted by molar-refractivity contribution is 0.182. The van der Waals surface area contributed by atoms with Gasteiger partial charge in [0, 0.05) is 23.7 Å². The minimum absolute atomic E-state index is 0.404. The Bertz CT molecular complexity index is 371. The molecule has 0 aromatic carbocycles. The molecule has 2 nitrogen and oxygen atoms in total. The Hall–Kier alpha value is -1.19. The smallest absolute Gasteiger partial charge is 0.0922 e. The first kappa shape index (κ1) is 9.37. The monoisotopic (exact) mass is 205 g/mol. The van der Waals surface area contributed by atoms with E-state index in [1.54, 1.807) is 23.7 Å². The molecular formula is C11H11NOS. The van der Waals surface area contributed by atoms with Crippen molar-refractivity contribution >= 4 is 11.3 Å². The van der Waals surface area contributed by atoms with E-state index >= 15 is 0 Å². The molecule has 0 radical (unpaired) electrons. The first-order chi connectivity index (χ1) is 6.86. The Morgan fingerprint density at radius 3 is 2.93 bits per heavy atom. The summed E-state index contributed by atoms with van der Waals surface area (Å²) >= 11 is 1.58. The summed E-state index contributed by atoms with van der Waals surface area (Å²) < 4.78 is 0. The van der Waals surface area contributed by atoms with E-state index < -0.39 is 6.10 Å². The largest absolute Gasteiger partial charge is 0.387 e. The lowest BCUT2D eigenvalue weighted by Gasteiger charge is -2.07. The van der Waals surface area contributed by atoms with Crippen LogP contribution in [0.25, 0.3) is 0 Å². The topological polar surface area (TPSA) is 33.1 Å². The fourth-order valence-electron chi connectivity index (χ4n) is 1.32. The number of nitrogens with zero attached hydrogens (tertiary/aromatic N) is 1. The molecule has 72 valence electrons. The van der Waals surface area contributed by atoms with Crippen molar-refractivity contribution < 1.29 is 5.11 Å². The number of rotatable bonds is 3. The van der Waals surface area contributed by atoms with Crippen LogP contribution in [0.5, 0.6) is 0 Å². The van der Waals surface area contributed by atoms with Crippen LogP contribution in [-0.2, 0) is 6.42 Å². The Kier molecular flexibility index (Phi) is 2.91. The normalized spacial score (nSPS) is 12.6. The van der Waals surface area contributed by atoms with E-state index in [0.717, 1.165) is 10.4 Å². The van der Waals surface area contributed by atoms with E-state index in [2.05, 4.69) is 4.98 Å². The Labute approximate surface area is 86.9 Å². The molecule has 2 aromatic rings. The van der Waals surface area contributed by atoms with Crippen LogP contribution >= 0.6 is 11.3 Å². The molecule has 0 aliphatic rings. The van der Waals surface area contributed by atoms with Crippen LogP contribution in [-0.4, -0.2) is 10.1 Å². The summed E-state index contributed by atoms with van der Waals surface area (Å²) in [4.78, 5) is 5.02. The highest BCUT2D eigenvalue weighted by Gasteiger charge is 2.08. The first-order valence-corrected chi connectivity index (χ1v) is 5.34. The highest BCUT2D eigenvalue weighted by molar-refractivity contribution is 7.10. The summed E-state index contributed by atoms with van der Waals surface area (Å²) in [6.45, 7) is 0. The van der Waals surface area contributed by atoms with Gasteiger partial charge in [0.25, 0.3) is 0 Å². The maximum atomic E-state index is 9.85. The minimum atomic E-state index is -0.404. The Morgan fingerprint density at radius 2 is 2.29 bits per heavy atom. The van der Waals surface area contributed by atoms with Gasteiger partial charge < -0.3 is 5.11 Å². The van der Waals surface area contributed by atoms with Crippen molar-refractivity contribution in [2.75, 3.05) is 0 Å². The molecule has 0 aliphatic carbocycles. The van der Waals surface area contributed by atoms with Crippen LogP contribution in [0.1, 0.15) is 16.5 Å². The molecule has 2 rings (SSSR count). The summed E-state index contributed by atoms with van der Waals surface area (Å²) in [6.07, 6.45) is 3.76. The Balaban J connectivity index is 2.06. The molecule has 0 spiro atoms. The van der Waals surface area contributed by atoms with Crippen molar-refractivity contribution in [3.05, 3.63) is 52.5 Å². The third-order valence-electron chi connectivity index (χ3n) is 2.02. The third kappa shape index (κ3) is 2.19. The fourth-order valence-corrected chi connectivity index (χ4v) is 2.04. The summed E-state index contributed by atoms with van der Waals surface area (Å²) in [5.41, 5.74) is 1.06. The van der Waals surface area contributed by atoms with Gasteiger partial charge in [-0.3, -0.25) is 4.98 Å². The molecular weight excluding hydrogens is 194 g/mol. The molecule has 2 aromatic heterocycles. The maximum absolute atomic E-state index is 9.85. The number of hydrogen-bond donors (Lipinski definition) is 1. The SMILES string of the molecule is OC(Cc1cccnc1)c1cccs1. The molecule has 1 N–H and O–H groups in total. The maximum Gasteiger partial charge on any atom is 0.0922 e. The first-order valence-electron chi connectivity index (χ1n) is 4.46. The number of aliphatic hydroxyl groups excluding tert-OH is 1. The van der Waals surface area contributed by atoms with Crippen LogP contribution < -0.4 is 0 Å². The lowest BCUT2D eigenvalue weighted by atomic mass is 10.1. The zero-order chi connectivity index (χ0) is 9.80. The molecule has 0 fully saturated rings. The van der Waals surface area contributed by atoms with Gasteiger partial charge in [-0.25, -0.2) is 0 Å². The molecule has 0 aliphatic heterocycles. The zero-order valence-corrected chi connectivity index (χ0v) is 8.45. The van der Waals surface area contributed by atoms with Gasteiger partial charge in [-0.2, -0.15) is 0 Å². The average molecular weight is 205 g/mol. The van der Waals surface area contributed by atoms with Crippen molar-refractivity contribution in [2.45, 2.75) is 12.5 Å². The average Bonchev–Trinajstić information content (AvgIpc) is 2.72. The summed E-state index contributed by atoms with van der Waals surface area (Å²) in [7, 11) is 0. The van der Waals surface area contributed by atoms with Gasteiger partial charge in [0.2, 0.25) is 0 Å². The molecule has 0 bridgehead atoms. The van der Waals surface area contributed by atoms with Crippen molar-refractivity contribution in [3.63, 3.8) is 0 Å². The lowest BCUT2D eigenvalue weighted by Crippen LogP contribution is -1.99. The highest BCUT2D eigenvalue weighted by Crippen LogP contribution is 2.21. The number of hydrogen-bond acceptors (Lipinski definition) is 3. The van der Waals surface area contributed by atoms with Crippen LogP contribution in [0, 0.1) is 0 Å². The van der Waals surface area contributed by atoms with Gasteiger partial charge in [0.05, 0.1) is 6.10 Å². The summed E-state index contributed by atoms with van der Waals surface area (Å²) in [6, 6.07) is 7.76. The van der Waals surface area contributed by atoms with Gasteiger partial charge in [-0.15, -0.1) is 11.3 Å². The van der Waals surface area contributed by atoms with Crippen LogP contribution in [0.15, 0.2) is 42.0 Å². The number of aliphatic hydroxyl groups is 1. The standard InChI is InChI=1S/C11H11NOS/c13-10(11-4-2-6-14-11)7-9-3-1-5-12-8-9/h1-6,8,10,13H,7H2. The Morgan fingerprint density at radius 1 is 1.36 bits per heavy atom. The highest BCUT2D eigenvalue weighted by atomic mass is 32.1. The van der Waals surface area contributed by atoms with Crippen LogP contribution in [0.2, 0.25) is 0 Å². The molecule has 0 saturated carbocycles. The van der Waals surface area contributed by atoms with Gasteiger partial charge >= 0.3 is 0 Å². The molecule has 0 saturated heterocycles. The quantitative estimate of drug-likeness (QED) is 0.834. The molecule has 14 heavy (non-hydrogen) atoms. The number of thiophene rings is 1. The van der Waals surface area contributed by atoms with Gasteiger partial charge in [0.1, 0.15) is 0 Å². The van der Waals surface area contributed by atoms with Gasteiger partial charge in [-0.1, -0.05) is 12.1 Å². The summed E-state index contributed by atoms with van der Waals surface area (Å²) in [5.74, 6) is 0. The van der Waals surface area contributed by atoms with E-state index in [4.69, 9.17) is 0 Å². The molecule has 1 unspecified atom stereocenters.